The number of rotatable bonds is 5. The van der Waals surface area contributed by atoms with Crippen molar-refractivity contribution in [2.75, 3.05) is 7.11 Å². The van der Waals surface area contributed by atoms with E-state index in [9.17, 15) is 4.79 Å². The van der Waals surface area contributed by atoms with E-state index >= 15 is 0 Å². The number of hydrogen-bond donors (Lipinski definition) is 0. The third kappa shape index (κ3) is 3.55. The van der Waals surface area contributed by atoms with Crippen LogP contribution in [0.4, 0.5) is 0 Å². The summed E-state index contributed by atoms with van der Waals surface area (Å²) in [6.45, 7) is 1.67. The lowest BCUT2D eigenvalue weighted by Gasteiger charge is -2.09. The molecule has 0 amide bonds. The summed E-state index contributed by atoms with van der Waals surface area (Å²) >= 11 is 0. The number of nitrogens with zero attached hydrogens (tertiary/aromatic N) is 3. The Bertz CT molecular complexity index is 1120. The molecular weight excluding hydrogens is 358 g/mol. The topological polar surface area (TPSA) is 87.3 Å². The lowest BCUT2D eigenvalue weighted by atomic mass is 10.2. The van der Waals surface area contributed by atoms with Crippen molar-refractivity contribution in [1.29, 1.82) is 0 Å². The van der Waals surface area contributed by atoms with Crippen LogP contribution in [0, 0.1) is 0 Å². The fraction of sp³-hybridized carbons (Fsp3) is 0.143. The first-order valence-corrected chi connectivity index (χ1v) is 8.68. The van der Waals surface area contributed by atoms with Gasteiger partial charge in [0.05, 0.1) is 12.6 Å². The highest BCUT2D eigenvalue weighted by atomic mass is 16.6. The summed E-state index contributed by atoms with van der Waals surface area (Å²) in [7, 11) is 1.60. The normalized spacial score (nSPS) is 11.9. The molecular formula is C21H17N3O4. The van der Waals surface area contributed by atoms with Crippen molar-refractivity contribution in [3.8, 4) is 17.2 Å². The lowest BCUT2D eigenvalue weighted by molar-refractivity contribution is 0.0273. The quantitative estimate of drug-likeness (QED) is 0.483. The van der Waals surface area contributed by atoms with E-state index in [4.69, 9.17) is 13.9 Å². The molecule has 0 aliphatic carbocycles. The van der Waals surface area contributed by atoms with Gasteiger partial charge < -0.3 is 13.9 Å². The summed E-state index contributed by atoms with van der Waals surface area (Å²) in [5, 5.41) is 8.96. The van der Waals surface area contributed by atoms with E-state index in [-0.39, 0.29) is 11.6 Å². The molecule has 0 unspecified atom stereocenters. The maximum Gasteiger partial charge on any atom is 0.357 e. The molecule has 0 aliphatic rings. The van der Waals surface area contributed by atoms with E-state index in [2.05, 4.69) is 15.2 Å². The predicted octanol–water partition coefficient (Wildman–Crippen LogP) is 4.21. The molecule has 4 aromatic rings. The highest BCUT2D eigenvalue weighted by molar-refractivity contribution is 5.91. The number of esters is 1. The van der Waals surface area contributed by atoms with Gasteiger partial charge in [-0.05, 0) is 43.3 Å². The highest BCUT2D eigenvalue weighted by Gasteiger charge is 2.21. The van der Waals surface area contributed by atoms with Crippen LogP contribution in [-0.2, 0) is 4.74 Å². The van der Waals surface area contributed by atoms with Crippen LogP contribution in [-0.4, -0.2) is 28.3 Å². The Kier molecular flexibility index (Phi) is 4.72. The van der Waals surface area contributed by atoms with E-state index in [0.717, 1.165) is 22.2 Å². The standard InChI is InChI=1S/C21H17N3O4/c1-13(19-23-24-20(28-19)15-7-10-16(26-2)11-8-15)27-21(25)18-12-9-14-5-3-4-6-17(14)22-18/h3-13H,1-2H3/t13-/m1/s1. The maximum atomic E-state index is 12.4. The first-order chi connectivity index (χ1) is 13.6. The zero-order valence-corrected chi connectivity index (χ0v) is 15.3. The summed E-state index contributed by atoms with van der Waals surface area (Å²) < 4.78 is 16.2. The summed E-state index contributed by atoms with van der Waals surface area (Å²) in [6, 6.07) is 18.2. The molecule has 0 spiro atoms. The third-order valence-electron chi connectivity index (χ3n) is 4.22. The molecule has 2 aromatic heterocycles. The molecule has 28 heavy (non-hydrogen) atoms. The molecule has 0 fully saturated rings. The van der Waals surface area contributed by atoms with Crippen molar-refractivity contribution in [2.24, 2.45) is 0 Å². The van der Waals surface area contributed by atoms with Crippen LogP contribution < -0.4 is 4.74 Å². The molecule has 1 atom stereocenters. The Labute approximate surface area is 160 Å². The van der Waals surface area contributed by atoms with Crippen LogP contribution in [0.25, 0.3) is 22.4 Å². The molecule has 0 radical (unpaired) electrons. The van der Waals surface area contributed by atoms with Gasteiger partial charge in [0.15, 0.2) is 6.10 Å². The Morgan fingerprint density at radius 1 is 1.00 bits per heavy atom. The lowest BCUT2D eigenvalue weighted by Crippen LogP contribution is -2.11. The van der Waals surface area contributed by atoms with E-state index in [1.165, 1.54) is 0 Å². The van der Waals surface area contributed by atoms with Gasteiger partial charge in [0.1, 0.15) is 11.4 Å². The number of benzene rings is 2. The minimum absolute atomic E-state index is 0.208. The summed E-state index contributed by atoms with van der Waals surface area (Å²) in [5.41, 5.74) is 1.69. The van der Waals surface area contributed by atoms with Crippen molar-refractivity contribution in [3.05, 3.63) is 72.2 Å². The van der Waals surface area contributed by atoms with Gasteiger partial charge in [-0.3, -0.25) is 0 Å². The van der Waals surface area contributed by atoms with Crippen molar-refractivity contribution < 1.29 is 18.7 Å². The van der Waals surface area contributed by atoms with Gasteiger partial charge in [-0.25, -0.2) is 9.78 Å². The Balaban J connectivity index is 1.48. The molecule has 0 bridgehead atoms. The number of fused-ring (bicyclic) bond motifs is 1. The number of hydrogen-bond acceptors (Lipinski definition) is 7. The van der Waals surface area contributed by atoms with Gasteiger partial charge in [-0.2, -0.15) is 0 Å². The van der Waals surface area contributed by atoms with E-state index in [0.29, 0.717) is 5.89 Å². The third-order valence-corrected chi connectivity index (χ3v) is 4.22. The number of aromatic nitrogens is 3. The van der Waals surface area contributed by atoms with Gasteiger partial charge >= 0.3 is 5.97 Å². The molecule has 0 saturated heterocycles. The van der Waals surface area contributed by atoms with Gasteiger partial charge in [-0.15, -0.1) is 10.2 Å². The number of methoxy groups -OCH3 is 1. The van der Waals surface area contributed by atoms with Crippen LogP contribution in [0.3, 0.4) is 0 Å². The van der Waals surface area contributed by atoms with Crippen molar-refractivity contribution >= 4 is 16.9 Å². The number of ether oxygens (including phenoxy) is 2. The van der Waals surface area contributed by atoms with E-state index in [1.807, 2.05) is 42.5 Å². The maximum absolute atomic E-state index is 12.4. The Hall–Kier alpha value is -3.74. The van der Waals surface area contributed by atoms with E-state index in [1.54, 1.807) is 32.2 Å². The van der Waals surface area contributed by atoms with E-state index < -0.39 is 12.1 Å². The van der Waals surface area contributed by atoms with Crippen LogP contribution in [0.15, 0.2) is 65.1 Å². The second kappa shape index (κ2) is 7.48. The molecule has 140 valence electrons. The molecule has 7 heteroatoms. The SMILES string of the molecule is COc1ccc(-c2nnc([C@@H](C)OC(=O)c3ccc4ccccc4n3)o2)cc1. The predicted molar refractivity (Wildman–Crippen MR) is 102 cm³/mol. The summed E-state index contributed by atoms with van der Waals surface area (Å²) in [5.74, 6) is 0.723. The summed E-state index contributed by atoms with van der Waals surface area (Å²) in [4.78, 5) is 16.8. The zero-order valence-electron chi connectivity index (χ0n) is 15.3. The highest BCUT2D eigenvalue weighted by Crippen LogP contribution is 2.25. The number of pyridine rings is 1. The molecule has 4 rings (SSSR count). The first kappa shape index (κ1) is 17.7. The molecule has 7 nitrogen and oxygen atoms in total. The smallest absolute Gasteiger partial charge is 0.357 e. The van der Waals surface area contributed by atoms with Gasteiger partial charge in [0.2, 0.25) is 5.89 Å². The fourth-order valence-electron chi connectivity index (χ4n) is 2.70. The van der Waals surface area contributed by atoms with Gasteiger partial charge in [-0.1, -0.05) is 24.3 Å². The Morgan fingerprint density at radius 2 is 1.79 bits per heavy atom. The zero-order chi connectivity index (χ0) is 19.5. The van der Waals surface area contributed by atoms with Gasteiger partial charge in [0.25, 0.3) is 5.89 Å². The van der Waals surface area contributed by atoms with Crippen molar-refractivity contribution in [3.63, 3.8) is 0 Å². The van der Waals surface area contributed by atoms with Crippen LogP contribution >= 0.6 is 0 Å². The molecule has 0 N–H and O–H groups in total. The minimum Gasteiger partial charge on any atom is -0.497 e. The molecule has 0 saturated carbocycles. The minimum atomic E-state index is -0.708. The van der Waals surface area contributed by atoms with Gasteiger partial charge in [0, 0.05) is 10.9 Å². The Morgan fingerprint density at radius 3 is 2.57 bits per heavy atom. The van der Waals surface area contributed by atoms with Crippen molar-refractivity contribution in [2.45, 2.75) is 13.0 Å². The van der Waals surface area contributed by atoms with Crippen LogP contribution in [0.5, 0.6) is 5.75 Å². The first-order valence-electron chi connectivity index (χ1n) is 8.68. The largest absolute Gasteiger partial charge is 0.497 e. The fourth-order valence-corrected chi connectivity index (χ4v) is 2.70. The average molecular weight is 375 g/mol. The number of para-hydroxylation sites is 1. The number of carbonyl (C=O) groups excluding carboxylic acids is 1. The second-order valence-corrected chi connectivity index (χ2v) is 6.11. The molecule has 0 aliphatic heterocycles. The second-order valence-electron chi connectivity index (χ2n) is 6.11. The van der Waals surface area contributed by atoms with Crippen LogP contribution in [0.1, 0.15) is 29.4 Å². The molecule has 2 aromatic carbocycles. The van der Waals surface area contributed by atoms with Crippen LogP contribution in [0.2, 0.25) is 0 Å². The monoisotopic (exact) mass is 375 g/mol. The summed E-state index contributed by atoms with van der Waals surface area (Å²) in [6.07, 6.45) is -0.708. The van der Waals surface area contributed by atoms with Crippen molar-refractivity contribution in [1.82, 2.24) is 15.2 Å². The number of carbonyl (C=O) groups is 1. The average Bonchev–Trinajstić information content (AvgIpc) is 3.24. The molecule has 2 heterocycles.